The lowest BCUT2D eigenvalue weighted by molar-refractivity contribution is -0.692. The molecule has 10 heteroatoms. The summed E-state index contributed by atoms with van der Waals surface area (Å²) in [6.45, 7) is 3.05. The average molecular weight is 600 g/mol. The minimum Gasteiger partial charge on any atom is -0.462 e. The molecule has 0 aliphatic carbocycles. The zero-order chi connectivity index (χ0) is 29.8. The fourth-order valence-electron chi connectivity index (χ4n) is 4.44. The van der Waals surface area contributed by atoms with Crippen molar-refractivity contribution in [1.82, 2.24) is 5.32 Å². The molecule has 1 rings (SSSR count). The van der Waals surface area contributed by atoms with Crippen LogP contribution in [0.2, 0.25) is 0 Å². The van der Waals surface area contributed by atoms with Gasteiger partial charge in [0.2, 0.25) is 5.51 Å². The number of carbonyl (C=O) groups excluding carboxylic acids is 3. The maximum atomic E-state index is 12.0. The van der Waals surface area contributed by atoms with Crippen LogP contribution in [-0.2, 0) is 30.3 Å². The Hall–Kier alpha value is -2.36. The van der Waals surface area contributed by atoms with Gasteiger partial charge >= 0.3 is 18.2 Å². The van der Waals surface area contributed by atoms with E-state index in [2.05, 4.69) is 17.0 Å². The number of alkyl carbamates (subject to hydrolysis) is 1. The van der Waals surface area contributed by atoms with Crippen LogP contribution in [0.15, 0.2) is 17.1 Å². The first kappa shape index (κ1) is 36.7. The molecule has 1 heterocycles. The van der Waals surface area contributed by atoms with Crippen LogP contribution >= 0.6 is 11.3 Å². The van der Waals surface area contributed by atoms with Gasteiger partial charge in [0, 0.05) is 13.0 Å². The summed E-state index contributed by atoms with van der Waals surface area (Å²) in [6.07, 6.45) is 21.1. The molecule has 236 valence electrons. The number of ether oxygens (including phenoxy) is 4. The number of aromatic nitrogens is 1. The minimum absolute atomic E-state index is 0.216. The summed E-state index contributed by atoms with van der Waals surface area (Å²) in [5, 5.41) is 4.68. The van der Waals surface area contributed by atoms with Crippen molar-refractivity contribution in [2.24, 2.45) is 0 Å². The zero-order valence-corrected chi connectivity index (χ0v) is 26.4. The Morgan fingerprint density at radius 3 is 1.88 bits per heavy atom. The van der Waals surface area contributed by atoms with Crippen LogP contribution in [-0.4, -0.2) is 51.2 Å². The number of amides is 1. The molecule has 0 saturated carbocycles. The fraction of sp³-hybridized carbons (Fsp3) is 0.806. The van der Waals surface area contributed by atoms with Crippen molar-refractivity contribution in [3.63, 3.8) is 0 Å². The van der Waals surface area contributed by atoms with Gasteiger partial charge in [0.25, 0.3) is 0 Å². The monoisotopic (exact) mass is 599 g/mol. The van der Waals surface area contributed by atoms with Gasteiger partial charge in [-0.1, -0.05) is 115 Å². The van der Waals surface area contributed by atoms with E-state index in [4.69, 9.17) is 14.2 Å². The highest BCUT2D eigenvalue weighted by atomic mass is 32.1. The van der Waals surface area contributed by atoms with Gasteiger partial charge in [0.1, 0.15) is 19.8 Å². The van der Waals surface area contributed by atoms with Gasteiger partial charge in [-0.15, -0.1) is 0 Å². The van der Waals surface area contributed by atoms with Crippen LogP contribution in [0, 0.1) is 0 Å². The normalized spacial score (nSPS) is 11.6. The van der Waals surface area contributed by atoms with Gasteiger partial charge < -0.3 is 24.3 Å². The molecule has 0 bridgehead atoms. The molecule has 0 radical (unpaired) electrons. The second kappa shape index (κ2) is 26.5. The topological polar surface area (TPSA) is 104 Å². The maximum absolute atomic E-state index is 12.0. The summed E-state index contributed by atoms with van der Waals surface area (Å²) in [5.41, 5.74) is 1.97. The van der Waals surface area contributed by atoms with E-state index in [1.165, 1.54) is 97.0 Å². The third-order valence-corrected chi connectivity index (χ3v) is 7.56. The van der Waals surface area contributed by atoms with E-state index < -0.39 is 24.3 Å². The number of nitrogens with one attached hydrogen (secondary N) is 1. The van der Waals surface area contributed by atoms with E-state index in [9.17, 15) is 14.4 Å². The first-order valence-corrected chi connectivity index (χ1v) is 16.7. The highest BCUT2D eigenvalue weighted by Crippen LogP contribution is 2.13. The first-order valence-electron chi connectivity index (χ1n) is 15.8. The van der Waals surface area contributed by atoms with Gasteiger partial charge in [0.15, 0.2) is 12.3 Å². The number of aryl methyl sites for hydroxylation is 1. The number of hydrogen-bond acceptors (Lipinski definition) is 8. The van der Waals surface area contributed by atoms with Crippen LogP contribution in [0.5, 0.6) is 0 Å². The Morgan fingerprint density at radius 1 is 0.780 bits per heavy atom. The van der Waals surface area contributed by atoms with Crippen molar-refractivity contribution in [2.75, 3.05) is 26.9 Å². The summed E-state index contributed by atoms with van der Waals surface area (Å²) in [4.78, 5) is 35.6. The van der Waals surface area contributed by atoms with Crippen molar-refractivity contribution < 1.29 is 37.9 Å². The third kappa shape index (κ3) is 23.0. The number of rotatable bonds is 26. The number of esters is 1. The molecule has 0 spiro atoms. The van der Waals surface area contributed by atoms with Gasteiger partial charge in [-0.3, -0.25) is 4.79 Å². The van der Waals surface area contributed by atoms with E-state index in [0.717, 1.165) is 12.8 Å². The van der Waals surface area contributed by atoms with E-state index in [-0.39, 0.29) is 19.6 Å². The predicted octanol–water partition coefficient (Wildman–Crippen LogP) is 7.50. The first-order chi connectivity index (χ1) is 20.0. The second-order valence-electron chi connectivity index (χ2n) is 10.6. The Kier molecular flexibility index (Phi) is 23.7. The zero-order valence-electron chi connectivity index (χ0n) is 25.6. The van der Waals surface area contributed by atoms with E-state index in [1.807, 2.05) is 21.7 Å². The molecule has 1 aromatic heterocycles. The molecule has 0 aromatic carbocycles. The van der Waals surface area contributed by atoms with E-state index in [0.29, 0.717) is 19.5 Å². The molecule has 1 amide bonds. The molecule has 0 aliphatic rings. The number of hydrogen-bond donors (Lipinski definition) is 1. The molecule has 1 atom stereocenters. The molecule has 0 unspecified atom stereocenters. The SMILES string of the molecule is CCCCCCCCCCCCCCCCCCNC(=O)OC[C@@H](COC(=O)CCC[n+]1ccsc1)OC(=O)OC. The minimum atomic E-state index is -0.945. The predicted molar refractivity (Wildman–Crippen MR) is 161 cm³/mol. The quantitative estimate of drug-likeness (QED) is 0.0509. The summed E-state index contributed by atoms with van der Waals surface area (Å²) in [6, 6.07) is 0. The summed E-state index contributed by atoms with van der Waals surface area (Å²) in [7, 11) is 1.18. The second-order valence-corrected chi connectivity index (χ2v) is 11.3. The van der Waals surface area contributed by atoms with Gasteiger partial charge in [-0.05, 0) is 6.42 Å². The van der Waals surface area contributed by atoms with Crippen LogP contribution < -0.4 is 9.88 Å². The molecule has 1 aromatic rings. The molecular weight excluding hydrogens is 544 g/mol. The standard InChI is InChI=1S/C31H54N2O7S/c1-3-4-5-6-7-8-9-10-11-12-13-14-15-16-17-18-21-32-30(35)39-26-28(40-31(36)37-2)25-38-29(34)20-19-22-33-23-24-41-27-33/h23-24,27-28H,3-22,25-26H2,1-2H3/p+1/t28-/m1/s1. The summed E-state index contributed by atoms with van der Waals surface area (Å²) in [5.74, 6) is -0.410. The van der Waals surface area contributed by atoms with E-state index >= 15 is 0 Å². The van der Waals surface area contributed by atoms with Crippen molar-refractivity contribution in [1.29, 1.82) is 0 Å². The number of thiazole rings is 1. The number of unbranched alkanes of at least 4 members (excludes halogenated alkanes) is 15. The van der Waals surface area contributed by atoms with Crippen molar-refractivity contribution in [3.8, 4) is 0 Å². The van der Waals surface area contributed by atoms with Crippen LogP contribution in [0.25, 0.3) is 0 Å². The Morgan fingerprint density at radius 2 is 1.34 bits per heavy atom. The van der Waals surface area contributed by atoms with E-state index in [1.54, 1.807) is 11.3 Å². The molecule has 0 aliphatic heterocycles. The number of carbonyl (C=O) groups is 3. The van der Waals surface area contributed by atoms with Gasteiger partial charge in [0.05, 0.1) is 18.9 Å². The lowest BCUT2D eigenvalue weighted by atomic mass is 10.0. The summed E-state index contributed by atoms with van der Waals surface area (Å²) < 4.78 is 21.9. The van der Waals surface area contributed by atoms with Crippen LogP contribution in [0.3, 0.4) is 0 Å². The lowest BCUT2D eigenvalue weighted by Gasteiger charge is -2.17. The van der Waals surface area contributed by atoms with Crippen LogP contribution in [0.1, 0.15) is 122 Å². The maximum Gasteiger partial charge on any atom is 0.508 e. The van der Waals surface area contributed by atoms with Gasteiger partial charge in [-0.25, -0.2) is 9.59 Å². The molecule has 41 heavy (non-hydrogen) atoms. The molecule has 1 N–H and O–H groups in total. The number of methoxy groups -OCH3 is 1. The smallest absolute Gasteiger partial charge is 0.462 e. The lowest BCUT2D eigenvalue weighted by Crippen LogP contribution is -2.34. The molecular formula is C31H55N2O7S+. The highest BCUT2D eigenvalue weighted by molar-refractivity contribution is 7.07. The summed E-state index contributed by atoms with van der Waals surface area (Å²) >= 11 is 1.58. The fourth-order valence-corrected chi connectivity index (χ4v) is 5.07. The highest BCUT2D eigenvalue weighted by Gasteiger charge is 2.20. The van der Waals surface area contributed by atoms with Crippen molar-refractivity contribution >= 4 is 29.6 Å². The largest absolute Gasteiger partial charge is 0.508 e. The van der Waals surface area contributed by atoms with Gasteiger partial charge in [-0.2, -0.15) is 4.57 Å². The Balaban J connectivity index is 2.00. The Labute approximate surface area is 251 Å². The van der Waals surface area contributed by atoms with Crippen molar-refractivity contribution in [3.05, 3.63) is 17.1 Å². The number of nitrogens with zero attached hydrogens (tertiary/aromatic N) is 1. The van der Waals surface area contributed by atoms with Crippen molar-refractivity contribution in [2.45, 2.75) is 135 Å². The average Bonchev–Trinajstić information content (AvgIpc) is 3.49. The van der Waals surface area contributed by atoms with Crippen LogP contribution in [0.4, 0.5) is 9.59 Å². The Bertz CT molecular complexity index is 777. The molecule has 9 nitrogen and oxygen atoms in total. The molecule has 0 saturated heterocycles. The molecule has 0 fully saturated rings. The third-order valence-electron chi connectivity index (χ3n) is 6.88.